The highest BCUT2D eigenvalue weighted by Crippen LogP contribution is 2.26. The first-order valence-electron chi connectivity index (χ1n) is 19.4. The second kappa shape index (κ2) is 25.6. The minimum atomic E-state index is -1.82. The number of esters is 10. The Morgan fingerprint density at radius 1 is 0.318 bits per heavy atom. The van der Waals surface area contributed by atoms with Crippen LogP contribution >= 0.6 is 0 Å². The van der Waals surface area contributed by atoms with E-state index in [0.29, 0.717) is 0 Å². The molecule has 0 bridgehead atoms. The van der Waals surface area contributed by atoms with Gasteiger partial charge < -0.3 is 42.6 Å². The number of carbonyl (C=O) groups excluding carboxylic acids is 10. The molecule has 1 rings (SSSR count). The van der Waals surface area contributed by atoms with Crippen molar-refractivity contribution in [1.82, 2.24) is 0 Å². The molecular formula is C47H54O19. The zero-order chi connectivity index (χ0) is 50.7. The van der Waals surface area contributed by atoms with Gasteiger partial charge >= 0.3 is 59.7 Å². The Bertz CT molecular complexity index is 1960. The van der Waals surface area contributed by atoms with Crippen LogP contribution in [0.1, 0.15) is 79.5 Å². The lowest BCUT2D eigenvalue weighted by atomic mass is 9.92. The number of hydrogen-bond donors (Lipinski definition) is 0. The summed E-state index contributed by atoms with van der Waals surface area (Å²) in [6.07, 6.45) is 0. The molecule has 1 aromatic carbocycles. The maximum absolute atomic E-state index is 13.9. The van der Waals surface area contributed by atoms with Crippen LogP contribution in [0.25, 0.3) is 0 Å². The third-order valence-electron chi connectivity index (χ3n) is 8.34. The van der Waals surface area contributed by atoms with Crippen molar-refractivity contribution in [2.75, 3.05) is 52.9 Å². The zero-order valence-electron chi connectivity index (χ0n) is 38.1. The van der Waals surface area contributed by atoms with Crippen LogP contribution in [-0.2, 0) is 76.2 Å². The molecule has 1 aromatic rings. The fourth-order valence-corrected chi connectivity index (χ4v) is 4.37. The molecule has 0 aromatic heterocycles. The van der Waals surface area contributed by atoms with Gasteiger partial charge in [0.05, 0.1) is 16.7 Å². The smallest absolute Gasteiger partial charge is 0.346 e. The van der Waals surface area contributed by atoms with Crippen molar-refractivity contribution < 1.29 is 90.6 Å². The third-order valence-corrected chi connectivity index (χ3v) is 8.34. The molecule has 0 N–H and O–H groups in total. The fraction of sp³-hybridized carbons (Fsp3) is 0.362. The lowest BCUT2D eigenvalue weighted by molar-refractivity contribution is -0.163. The van der Waals surface area contributed by atoms with E-state index >= 15 is 0 Å². The van der Waals surface area contributed by atoms with E-state index < -0.39 is 140 Å². The van der Waals surface area contributed by atoms with Crippen LogP contribution < -0.4 is 0 Å². The Morgan fingerprint density at radius 2 is 0.500 bits per heavy atom. The van der Waals surface area contributed by atoms with Crippen LogP contribution in [0.4, 0.5) is 0 Å². The number of carbonyl (C=O) groups is 10. The van der Waals surface area contributed by atoms with E-state index in [-0.39, 0.29) is 39.0 Å². The fourth-order valence-electron chi connectivity index (χ4n) is 4.37. The van der Waals surface area contributed by atoms with Crippen molar-refractivity contribution in [3.05, 3.63) is 120 Å². The van der Waals surface area contributed by atoms with E-state index in [1.807, 2.05) is 0 Å². The summed E-state index contributed by atoms with van der Waals surface area (Å²) >= 11 is 0. The predicted octanol–water partition coefficient (Wildman–Crippen LogP) is 4.95. The summed E-state index contributed by atoms with van der Waals surface area (Å²) in [6.45, 7) is 27.9. The third kappa shape index (κ3) is 18.6. The summed E-state index contributed by atoms with van der Waals surface area (Å²) in [5.74, 6) is -10.6. The van der Waals surface area contributed by atoms with Crippen molar-refractivity contribution in [3.8, 4) is 0 Å². The molecule has 19 heteroatoms. The van der Waals surface area contributed by atoms with Crippen molar-refractivity contribution in [1.29, 1.82) is 0 Å². The highest BCUT2D eigenvalue weighted by atomic mass is 16.6. The number of benzene rings is 1. The van der Waals surface area contributed by atoms with Gasteiger partial charge in [-0.2, -0.15) is 0 Å². The summed E-state index contributed by atoms with van der Waals surface area (Å²) in [4.78, 5) is 128. The lowest BCUT2D eigenvalue weighted by Gasteiger charge is -2.32. The van der Waals surface area contributed by atoms with Crippen molar-refractivity contribution in [3.63, 3.8) is 0 Å². The van der Waals surface area contributed by atoms with Crippen LogP contribution in [0.15, 0.2) is 103 Å². The summed E-state index contributed by atoms with van der Waals surface area (Å²) < 4.78 is 47.8. The molecule has 0 aliphatic rings. The van der Waals surface area contributed by atoms with Gasteiger partial charge in [-0.3, -0.25) is 0 Å². The first kappa shape index (κ1) is 56.3. The molecule has 0 spiro atoms. The number of ether oxygens (including phenoxy) is 9. The molecule has 0 saturated heterocycles. The molecule has 19 nitrogen and oxygen atoms in total. The molecule has 0 saturated carbocycles. The molecule has 356 valence electrons. The molecule has 0 atom stereocenters. The normalized spacial score (nSPS) is 10.7. The van der Waals surface area contributed by atoms with E-state index in [0.717, 1.165) is 18.2 Å². The van der Waals surface area contributed by atoms with E-state index in [2.05, 4.69) is 46.1 Å². The van der Waals surface area contributed by atoms with Gasteiger partial charge in [-0.1, -0.05) is 46.1 Å². The molecule has 0 radical (unpaired) electrons. The van der Waals surface area contributed by atoms with Gasteiger partial charge in [-0.05, 0) is 66.7 Å². The first-order chi connectivity index (χ1) is 30.6. The summed E-state index contributed by atoms with van der Waals surface area (Å²) in [5.41, 5.74) is -5.78. The van der Waals surface area contributed by atoms with Gasteiger partial charge in [0.2, 0.25) is 0 Å². The highest BCUT2D eigenvalue weighted by molar-refractivity contribution is 6.05. The highest BCUT2D eigenvalue weighted by Gasteiger charge is 2.40. The summed E-state index contributed by atoms with van der Waals surface area (Å²) in [5, 5.41) is 0. The van der Waals surface area contributed by atoms with E-state index in [4.69, 9.17) is 42.6 Å². The van der Waals surface area contributed by atoms with Gasteiger partial charge in [0, 0.05) is 39.0 Å². The van der Waals surface area contributed by atoms with Gasteiger partial charge in [0.15, 0.2) is 0 Å². The molecule has 0 heterocycles. The number of rotatable bonds is 26. The second-order valence-corrected chi connectivity index (χ2v) is 15.5. The maximum atomic E-state index is 13.9. The van der Waals surface area contributed by atoms with Crippen molar-refractivity contribution >= 4 is 59.7 Å². The SMILES string of the molecule is C=C(C)C(=O)OCC(COC(=O)C(=C)C)(COC(=O)C(=C)C)COC(=O)c1cc(C(=O)OCC(COC(=O)C(=C)C)(COC(=O)C(=C)C)COC(=O)C(=C)C)cc(C(=O)OC(=O)C(=C)C)c1. The summed E-state index contributed by atoms with van der Waals surface area (Å²) in [7, 11) is 0. The predicted molar refractivity (Wildman–Crippen MR) is 232 cm³/mol. The van der Waals surface area contributed by atoms with Gasteiger partial charge in [-0.15, -0.1) is 0 Å². The number of hydrogen-bond acceptors (Lipinski definition) is 19. The van der Waals surface area contributed by atoms with Crippen LogP contribution in [0.5, 0.6) is 0 Å². The Balaban J connectivity index is 3.91. The van der Waals surface area contributed by atoms with Crippen LogP contribution in [0.3, 0.4) is 0 Å². The molecule has 0 unspecified atom stereocenters. The van der Waals surface area contributed by atoms with E-state index in [9.17, 15) is 47.9 Å². The molecule has 0 amide bonds. The first-order valence-corrected chi connectivity index (χ1v) is 19.4. The van der Waals surface area contributed by atoms with E-state index in [1.54, 1.807) is 0 Å². The van der Waals surface area contributed by atoms with Gasteiger partial charge in [0.25, 0.3) is 0 Å². The quantitative estimate of drug-likeness (QED) is 0.0516. The molecule has 66 heavy (non-hydrogen) atoms. The Labute approximate surface area is 381 Å². The van der Waals surface area contributed by atoms with E-state index in [1.165, 1.54) is 48.5 Å². The second-order valence-electron chi connectivity index (χ2n) is 15.5. The summed E-state index contributed by atoms with van der Waals surface area (Å²) in [6, 6.07) is 2.67. The molecule has 0 aliphatic heterocycles. The van der Waals surface area contributed by atoms with Crippen molar-refractivity contribution in [2.45, 2.75) is 48.5 Å². The van der Waals surface area contributed by atoms with Crippen molar-refractivity contribution in [2.24, 2.45) is 10.8 Å². The minimum Gasteiger partial charge on any atom is -0.461 e. The average molecular weight is 923 g/mol. The standard InChI is InChI=1S/C47H54O19/c1-26(2)36(48)58-18-46(19-59-37(49)27(3)4,20-60-38(50)28(5)6)24-64-43(55)33-15-34(17-35(16-33)45(57)66-42(54)32(13)14)44(56)65-25-47(21-61-39(51)29(7)8,22-62-40(52)30(9)10)23-63-41(53)31(11)12/h15-17H,1,3,5,7,9,11,13,18-25H2,2,4,6,8,10,12,14H3. The Kier molecular flexibility index (Phi) is 21.8. The van der Waals surface area contributed by atoms with Crippen LogP contribution in [0, 0.1) is 10.8 Å². The molecule has 0 aliphatic carbocycles. The topological polar surface area (TPSA) is 254 Å². The molecular weight excluding hydrogens is 868 g/mol. The minimum absolute atomic E-state index is 0.0436. The lowest BCUT2D eigenvalue weighted by Crippen LogP contribution is -2.44. The average Bonchev–Trinajstić information content (AvgIpc) is 3.26. The monoisotopic (exact) mass is 922 g/mol. The largest absolute Gasteiger partial charge is 0.461 e. The van der Waals surface area contributed by atoms with Gasteiger partial charge in [-0.25, -0.2) is 47.9 Å². The Morgan fingerprint density at radius 3 is 0.697 bits per heavy atom. The molecule has 0 fully saturated rings. The zero-order valence-corrected chi connectivity index (χ0v) is 38.1. The van der Waals surface area contributed by atoms with Crippen LogP contribution in [0.2, 0.25) is 0 Å². The maximum Gasteiger partial charge on any atom is 0.346 e. The Hall–Kier alpha value is -7.70. The van der Waals surface area contributed by atoms with Gasteiger partial charge in [0.1, 0.15) is 63.7 Å². The van der Waals surface area contributed by atoms with Crippen LogP contribution in [-0.4, -0.2) is 113 Å².